The summed E-state index contributed by atoms with van der Waals surface area (Å²) in [6.45, 7) is 2.32. The number of benzene rings is 1. The lowest BCUT2D eigenvalue weighted by molar-refractivity contribution is 0.205. The molecule has 0 radical (unpaired) electrons. The third-order valence-corrected chi connectivity index (χ3v) is 6.48. The molecule has 0 aliphatic heterocycles. The maximum absolute atomic E-state index is 6.48. The van der Waals surface area contributed by atoms with E-state index in [-0.39, 0.29) is 0 Å². The summed E-state index contributed by atoms with van der Waals surface area (Å²) < 4.78 is 1.18. The van der Waals surface area contributed by atoms with Crippen LogP contribution < -0.4 is 5.73 Å². The fourth-order valence-corrected chi connectivity index (χ4v) is 4.81. The second-order valence-corrected chi connectivity index (χ2v) is 7.44. The van der Waals surface area contributed by atoms with Gasteiger partial charge in [-0.2, -0.15) is 0 Å². The second kappa shape index (κ2) is 7.70. The van der Waals surface area contributed by atoms with Gasteiger partial charge in [-0.25, -0.2) is 0 Å². The Balaban J connectivity index is 1.90. The van der Waals surface area contributed by atoms with Gasteiger partial charge in [0.15, 0.2) is 0 Å². The van der Waals surface area contributed by atoms with E-state index in [1.54, 1.807) is 0 Å². The molecule has 0 bridgehead atoms. The van der Waals surface area contributed by atoms with E-state index in [1.807, 2.05) is 11.8 Å². The molecule has 1 aromatic carbocycles. The normalized spacial score (nSPS) is 25.2. The molecule has 3 unspecified atom stereocenters. The molecule has 0 aromatic heterocycles. The maximum Gasteiger partial charge on any atom is 0.0311 e. The Labute approximate surface area is 129 Å². The maximum atomic E-state index is 6.48. The first-order valence-corrected chi connectivity index (χ1v) is 9.13. The average Bonchev–Trinajstić information content (AvgIpc) is 2.46. The molecule has 2 rings (SSSR count). The van der Waals surface area contributed by atoms with Crippen molar-refractivity contribution in [3.8, 4) is 0 Å². The zero-order valence-electron chi connectivity index (χ0n) is 11.6. The van der Waals surface area contributed by atoms with Crippen LogP contribution in [0.5, 0.6) is 0 Å². The Hall–Kier alpha value is 0.01000. The van der Waals surface area contributed by atoms with E-state index in [4.69, 9.17) is 5.73 Å². The van der Waals surface area contributed by atoms with E-state index < -0.39 is 0 Å². The average molecular weight is 342 g/mol. The smallest absolute Gasteiger partial charge is 0.0311 e. The van der Waals surface area contributed by atoms with Crippen molar-refractivity contribution in [2.24, 2.45) is 17.6 Å². The van der Waals surface area contributed by atoms with Crippen LogP contribution in [0.4, 0.5) is 0 Å². The minimum atomic E-state index is 0.336. The predicted molar refractivity (Wildman–Crippen MR) is 88.6 cm³/mol. The van der Waals surface area contributed by atoms with Crippen LogP contribution in [-0.2, 0) is 0 Å². The topological polar surface area (TPSA) is 26.0 Å². The number of rotatable bonds is 5. The molecule has 1 aliphatic rings. The van der Waals surface area contributed by atoms with E-state index in [0.29, 0.717) is 6.04 Å². The molecule has 0 amide bonds. The second-order valence-electron chi connectivity index (χ2n) is 5.52. The summed E-state index contributed by atoms with van der Waals surface area (Å²) in [6, 6.07) is 8.75. The van der Waals surface area contributed by atoms with Crippen molar-refractivity contribution in [1.29, 1.82) is 0 Å². The predicted octanol–water partition coefficient (Wildman–Crippen LogP) is 5.08. The number of hydrogen-bond acceptors (Lipinski definition) is 2. The van der Waals surface area contributed by atoms with Gasteiger partial charge in [0, 0.05) is 21.2 Å². The van der Waals surface area contributed by atoms with Gasteiger partial charge < -0.3 is 5.73 Å². The molecule has 1 aliphatic carbocycles. The summed E-state index contributed by atoms with van der Waals surface area (Å²) >= 11 is 5.50. The molecule has 0 spiro atoms. The fraction of sp³-hybridized carbons (Fsp3) is 0.625. The van der Waals surface area contributed by atoms with Crippen LogP contribution in [0.25, 0.3) is 0 Å². The van der Waals surface area contributed by atoms with Crippen molar-refractivity contribution in [3.05, 3.63) is 28.7 Å². The lowest BCUT2D eigenvalue weighted by atomic mass is 9.75. The molecule has 19 heavy (non-hydrogen) atoms. The van der Waals surface area contributed by atoms with Crippen LogP contribution in [-0.4, -0.2) is 11.8 Å². The van der Waals surface area contributed by atoms with Crippen LogP contribution in [0.3, 0.4) is 0 Å². The molecular formula is C16H24BrNS. The molecule has 106 valence electrons. The van der Waals surface area contributed by atoms with Crippen LogP contribution in [0.2, 0.25) is 0 Å². The zero-order chi connectivity index (χ0) is 13.7. The number of thioether (sulfide) groups is 1. The Bertz CT molecular complexity index is 396. The molecule has 1 fully saturated rings. The first-order chi connectivity index (χ1) is 9.22. The third-order valence-electron chi connectivity index (χ3n) is 4.31. The van der Waals surface area contributed by atoms with Crippen LogP contribution in [0.15, 0.2) is 33.6 Å². The Kier molecular flexibility index (Phi) is 6.24. The van der Waals surface area contributed by atoms with Gasteiger partial charge in [-0.05, 0) is 46.3 Å². The highest BCUT2D eigenvalue weighted by molar-refractivity contribution is 9.10. The highest BCUT2D eigenvalue weighted by Crippen LogP contribution is 2.36. The quantitative estimate of drug-likeness (QED) is 0.755. The molecule has 3 atom stereocenters. The van der Waals surface area contributed by atoms with Crippen molar-refractivity contribution >= 4 is 27.7 Å². The van der Waals surface area contributed by atoms with E-state index in [9.17, 15) is 0 Å². The van der Waals surface area contributed by atoms with Crippen molar-refractivity contribution < 1.29 is 0 Å². The van der Waals surface area contributed by atoms with E-state index >= 15 is 0 Å². The number of nitrogens with two attached hydrogens (primary N) is 1. The summed E-state index contributed by atoms with van der Waals surface area (Å²) in [5, 5.41) is 0. The van der Waals surface area contributed by atoms with Gasteiger partial charge in [-0.3, -0.25) is 0 Å². The Morgan fingerprint density at radius 3 is 2.79 bits per heavy atom. The van der Waals surface area contributed by atoms with Crippen molar-refractivity contribution in [2.75, 3.05) is 5.75 Å². The fourth-order valence-electron chi connectivity index (χ4n) is 3.18. The van der Waals surface area contributed by atoms with E-state index in [1.165, 1.54) is 41.5 Å². The number of halogens is 1. The summed E-state index contributed by atoms with van der Waals surface area (Å²) in [5.41, 5.74) is 6.48. The van der Waals surface area contributed by atoms with Gasteiger partial charge in [0.2, 0.25) is 0 Å². The zero-order valence-corrected chi connectivity index (χ0v) is 14.1. The molecular weight excluding hydrogens is 318 g/mol. The molecule has 1 saturated carbocycles. The first kappa shape index (κ1) is 15.4. The summed E-state index contributed by atoms with van der Waals surface area (Å²) in [7, 11) is 0. The van der Waals surface area contributed by atoms with Crippen LogP contribution in [0, 0.1) is 11.8 Å². The molecule has 1 nitrogen and oxygen atoms in total. The third kappa shape index (κ3) is 4.24. The molecule has 2 N–H and O–H groups in total. The number of hydrogen-bond donors (Lipinski definition) is 1. The SMILES string of the molecule is CCC1CCCCC1C(N)CSc1ccccc1Br. The van der Waals surface area contributed by atoms with Gasteiger partial charge in [0.05, 0.1) is 0 Å². The van der Waals surface area contributed by atoms with Crippen molar-refractivity contribution in [1.82, 2.24) is 0 Å². The van der Waals surface area contributed by atoms with Crippen LogP contribution >= 0.6 is 27.7 Å². The summed E-state index contributed by atoms with van der Waals surface area (Å²) in [4.78, 5) is 1.31. The lowest BCUT2D eigenvalue weighted by Crippen LogP contribution is -2.38. The minimum absolute atomic E-state index is 0.336. The largest absolute Gasteiger partial charge is 0.327 e. The molecule has 1 aromatic rings. The van der Waals surface area contributed by atoms with Gasteiger partial charge in [-0.15, -0.1) is 11.8 Å². The highest BCUT2D eigenvalue weighted by atomic mass is 79.9. The first-order valence-electron chi connectivity index (χ1n) is 7.35. The standard InChI is InChI=1S/C16H24BrNS/c1-2-12-7-3-4-8-13(12)15(18)11-19-16-10-6-5-9-14(16)17/h5-6,9-10,12-13,15H,2-4,7-8,11,18H2,1H3. The van der Waals surface area contributed by atoms with E-state index in [0.717, 1.165) is 17.6 Å². The van der Waals surface area contributed by atoms with Gasteiger partial charge in [-0.1, -0.05) is 44.7 Å². The van der Waals surface area contributed by atoms with E-state index in [2.05, 4.69) is 47.1 Å². The van der Waals surface area contributed by atoms with Gasteiger partial charge >= 0.3 is 0 Å². The van der Waals surface area contributed by atoms with Crippen LogP contribution in [0.1, 0.15) is 39.0 Å². The monoisotopic (exact) mass is 341 g/mol. The Morgan fingerprint density at radius 1 is 1.32 bits per heavy atom. The van der Waals surface area contributed by atoms with Gasteiger partial charge in [0.1, 0.15) is 0 Å². The molecule has 0 heterocycles. The van der Waals surface area contributed by atoms with Gasteiger partial charge in [0.25, 0.3) is 0 Å². The van der Waals surface area contributed by atoms with Crippen molar-refractivity contribution in [2.45, 2.75) is 50.0 Å². The Morgan fingerprint density at radius 2 is 2.05 bits per heavy atom. The summed E-state index contributed by atoms with van der Waals surface area (Å²) in [6.07, 6.45) is 6.77. The molecule has 0 saturated heterocycles. The highest BCUT2D eigenvalue weighted by Gasteiger charge is 2.28. The lowest BCUT2D eigenvalue weighted by Gasteiger charge is -2.35. The molecule has 3 heteroatoms. The minimum Gasteiger partial charge on any atom is -0.327 e. The summed E-state index contributed by atoms with van der Waals surface area (Å²) in [5.74, 6) is 2.61. The van der Waals surface area contributed by atoms with Crippen molar-refractivity contribution in [3.63, 3.8) is 0 Å².